The summed E-state index contributed by atoms with van der Waals surface area (Å²) in [6.45, 7) is 12.1. The van der Waals surface area contributed by atoms with Gasteiger partial charge in [0.15, 0.2) is 0 Å². The minimum Gasteiger partial charge on any atom is -0.465 e. The molecule has 47 heavy (non-hydrogen) atoms. The van der Waals surface area contributed by atoms with Crippen molar-refractivity contribution in [2.24, 2.45) is 11.8 Å². The Morgan fingerprint density at radius 2 is 1.32 bits per heavy atom. The summed E-state index contributed by atoms with van der Waals surface area (Å²) < 4.78 is 23.5. The van der Waals surface area contributed by atoms with Crippen molar-refractivity contribution in [3.05, 3.63) is 47.6 Å². The molecule has 0 aromatic rings. The molecular weight excluding hydrogens is 608 g/mol. The zero-order valence-electron chi connectivity index (χ0n) is 27.2. The summed E-state index contributed by atoms with van der Waals surface area (Å²) in [5, 5.41) is 24.8. The summed E-state index contributed by atoms with van der Waals surface area (Å²) in [7, 11) is 0. The first-order chi connectivity index (χ1) is 22.2. The van der Waals surface area contributed by atoms with Crippen molar-refractivity contribution in [1.82, 2.24) is 10.6 Å². The van der Waals surface area contributed by atoms with Crippen molar-refractivity contribution in [3.8, 4) is 0 Å². The highest BCUT2D eigenvalue weighted by Crippen LogP contribution is 2.52. The molecular formula is C35H46N2O10. The highest BCUT2D eigenvalue weighted by Gasteiger charge is 2.62. The van der Waals surface area contributed by atoms with E-state index in [4.69, 9.17) is 18.9 Å². The van der Waals surface area contributed by atoms with E-state index in [-0.39, 0.29) is 37.0 Å². The Balaban J connectivity index is 1.28. The Labute approximate surface area is 274 Å². The topological polar surface area (TPSA) is 176 Å². The van der Waals surface area contributed by atoms with Gasteiger partial charge in [0, 0.05) is 29.5 Å². The molecule has 4 aliphatic heterocycles. The SMILES string of the molecule is C=C1C(=O)O[C@H]2[C@H]1CC/C(CC(CCNC(=O)O)(C/C1=C/CC[C@@]3(C)O[C@H]3[C@H]3OC(=O)C(=C)[C@@H]3CC1)NC(=O)O)=C\CC[C@@]1(C)O[C@@H]21. The first-order valence-corrected chi connectivity index (χ1v) is 16.7. The van der Waals surface area contributed by atoms with Gasteiger partial charge in [-0.25, -0.2) is 19.2 Å². The molecule has 0 unspecified atom stereocenters. The van der Waals surface area contributed by atoms with E-state index < -0.39 is 53.1 Å². The number of epoxide rings is 2. The summed E-state index contributed by atoms with van der Waals surface area (Å²) >= 11 is 0. The minimum absolute atomic E-state index is 0.0467. The van der Waals surface area contributed by atoms with Gasteiger partial charge < -0.3 is 39.8 Å². The van der Waals surface area contributed by atoms with Gasteiger partial charge in [0.05, 0.1) is 16.7 Å². The number of carboxylic acid groups (broad SMARTS) is 2. The predicted molar refractivity (Wildman–Crippen MR) is 168 cm³/mol. The van der Waals surface area contributed by atoms with Crippen LogP contribution in [-0.2, 0) is 28.5 Å². The number of fused-ring (bicyclic) bond motifs is 6. The summed E-state index contributed by atoms with van der Waals surface area (Å²) in [4.78, 5) is 48.9. The van der Waals surface area contributed by atoms with Gasteiger partial charge in [0.25, 0.3) is 0 Å². The Morgan fingerprint density at radius 3 is 1.74 bits per heavy atom. The molecule has 2 aliphatic carbocycles. The molecule has 2 amide bonds. The molecule has 0 spiro atoms. The van der Waals surface area contributed by atoms with Crippen LogP contribution in [0.4, 0.5) is 9.59 Å². The van der Waals surface area contributed by atoms with Gasteiger partial charge >= 0.3 is 24.1 Å². The predicted octanol–water partition coefficient (Wildman–Crippen LogP) is 4.94. The standard InChI is InChI=1S/C35H46N2O10/c1-19-23-11-9-21(7-5-13-33(3)27(46-33)25(23)44-29(19)38)17-35(37-32(42)43,15-16-36-31(40)41)18-22-8-6-14-34(4)28(47-34)26-24(12-10-22)20(2)30(39)45-26/h7-8,23-28,36-37H,1-2,5-6,9-18H2,3-4H3,(H,40,41)(H,42,43)/b21-7+,22-8+/t23-,24-,25-,26-,27-,28-,33+,34+/m0/s1. The molecule has 12 nitrogen and oxygen atoms in total. The van der Waals surface area contributed by atoms with Crippen LogP contribution < -0.4 is 10.6 Å². The number of esters is 2. The van der Waals surface area contributed by atoms with Gasteiger partial charge in [-0.05, 0) is 84.5 Å². The van der Waals surface area contributed by atoms with Crippen LogP contribution in [0.1, 0.15) is 84.5 Å². The maximum Gasteiger partial charge on any atom is 0.405 e. The lowest BCUT2D eigenvalue weighted by Gasteiger charge is -2.37. The van der Waals surface area contributed by atoms with E-state index in [0.717, 1.165) is 11.1 Å². The van der Waals surface area contributed by atoms with Crippen LogP contribution in [0.25, 0.3) is 0 Å². The second-order valence-corrected chi connectivity index (χ2v) is 14.6. The van der Waals surface area contributed by atoms with Crippen LogP contribution in [0.15, 0.2) is 47.6 Å². The van der Waals surface area contributed by atoms with Gasteiger partial charge in [-0.3, -0.25) is 0 Å². The van der Waals surface area contributed by atoms with Gasteiger partial charge in [0.2, 0.25) is 0 Å². The Kier molecular flexibility index (Phi) is 8.80. The molecule has 0 aromatic heterocycles. The summed E-state index contributed by atoms with van der Waals surface area (Å²) in [6, 6.07) is 0. The Morgan fingerprint density at radius 1 is 0.851 bits per heavy atom. The van der Waals surface area contributed by atoms with E-state index in [1.807, 2.05) is 13.8 Å². The van der Waals surface area contributed by atoms with E-state index in [2.05, 4.69) is 35.9 Å². The smallest absolute Gasteiger partial charge is 0.405 e. The van der Waals surface area contributed by atoms with E-state index in [1.54, 1.807) is 0 Å². The van der Waals surface area contributed by atoms with Crippen LogP contribution in [0.2, 0.25) is 0 Å². The van der Waals surface area contributed by atoms with Crippen molar-refractivity contribution in [2.75, 3.05) is 6.54 Å². The number of carbonyl (C=O) groups excluding carboxylic acids is 2. The number of allylic oxidation sites excluding steroid dienone is 2. The molecule has 4 N–H and O–H groups in total. The van der Waals surface area contributed by atoms with Gasteiger partial charge in [-0.2, -0.15) is 0 Å². The van der Waals surface area contributed by atoms with E-state index >= 15 is 0 Å². The highest BCUT2D eigenvalue weighted by atomic mass is 16.7. The van der Waals surface area contributed by atoms with E-state index in [1.165, 1.54) is 0 Å². The van der Waals surface area contributed by atoms with Gasteiger partial charge in [0.1, 0.15) is 24.4 Å². The summed E-state index contributed by atoms with van der Waals surface area (Å²) in [5.74, 6) is -1.22. The molecule has 4 fully saturated rings. The largest absolute Gasteiger partial charge is 0.465 e. The molecule has 256 valence electrons. The first-order valence-electron chi connectivity index (χ1n) is 16.7. The zero-order chi connectivity index (χ0) is 33.7. The number of hydrogen-bond acceptors (Lipinski definition) is 8. The second-order valence-electron chi connectivity index (χ2n) is 14.6. The maximum atomic E-state index is 12.5. The van der Waals surface area contributed by atoms with Crippen LogP contribution in [0.3, 0.4) is 0 Å². The number of rotatable bonds is 8. The fraction of sp³-hybridized carbons (Fsp3) is 0.657. The third-order valence-corrected chi connectivity index (χ3v) is 11.3. The number of nitrogens with one attached hydrogen (secondary N) is 2. The summed E-state index contributed by atoms with van der Waals surface area (Å²) in [6.07, 6.45) is 6.90. The quantitative estimate of drug-likeness (QED) is 0.121. The minimum atomic E-state index is -1.20. The normalized spacial score (nSPS) is 39.9. The average molecular weight is 655 g/mol. The molecule has 4 saturated heterocycles. The van der Waals surface area contributed by atoms with Crippen molar-refractivity contribution in [3.63, 3.8) is 0 Å². The van der Waals surface area contributed by atoms with Crippen molar-refractivity contribution in [2.45, 2.75) is 126 Å². The van der Waals surface area contributed by atoms with Crippen molar-refractivity contribution >= 4 is 24.1 Å². The average Bonchev–Trinajstić information content (AvgIpc) is 3.79. The second kappa shape index (κ2) is 12.4. The first kappa shape index (κ1) is 33.3. The van der Waals surface area contributed by atoms with Crippen molar-refractivity contribution < 1.29 is 48.3 Å². The summed E-state index contributed by atoms with van der Waals surface area (Å²) in [5.41, 5.74) is 1.05. The Hall–Kier alpha value is -3.64. The van der Waals surface area contributed by atoms with E-state index in [0.29, 0.717) is 75.4 Å². The fourth-order valence-corrected chi connectivity index (χ4v) is 8.46. The molecule has 6 aliphatic rings. The van der Waals surface area contributed by atoms with Crippen LogP contribution >= 0.6 is 0 Å². The maximum absolute atomic E-state index is 12.5. The molecule has 12 heteroatoms. The molecule has 0 aromatic carbocycles. The van der Waals surface area contributed by atoms with Gasteiger partial charge in [-0.15, -0.1) is 0 Å². The monoisotopic (exact) mass is 654 g/mol. The Bertz CT molecular complexity index is 1350. The van der Waals surface area contributed by atoms with Crippen LogP contribution in [0.5, 0.6) is 0 Å². The highest BCUT2D eigenvalue weighted by molar-refractivity contribution is 5.91. The molecule has 0 saturated carbocycles. The van der Waals surface area contributed by atoms with Crippen molar-refractivity contribution in [1.29, 1.82) is 0 Å². The van der Waals surface area contributed by atoms with Crippen LogP contribution in [0, 0.1) is 11.8 Å². The van der Waals surface area contributed by atoms with Gasteiger partial charge in [-0.1, -0.05) is 36.5 Å². The third-order valence-electron chi connectivity index (χ3n) is 11.3. The lowest BCUT2D eigenvalue weighted by atomic mass is 9.76. The van der Waals surface area contributed by atoms with E-state index in [9.17, 15) is 29.4 Å². The van der Waals surface area contributed by atoms with Crippen LogP contribution in [-0.4, -0.2) is 82.0 Å². The zero-order valence-corrected chi connectivity index (χ0v) is 27.2. The number of amides is 2. The fourth-order valence-electron chi connectivity index (χ4n) is 8.46. The number of hydrogen-bond donors (Lipinski definition) is 4. The number of ether oxygens (including phenoxy) is 4. The molecule has 0 radical (unpaired) electrons. The molecule has 0 bridgehead atoms. The number of carbonyl (C=O) groups is 4. The molecule has 4 heterocycles. The lowest BCUT2D eigenvalue weighted by molar-refractivity contribution is -0.140. The molecule has 6 rings (SSSR count). The molecule has 8 atom stereocenters. The lowest BCUT2D eigenvalue weighted by Crippen LogP contribution is -2.50. The third kappa shape index (κ3) is 6.85.